The lowest BCUT2D eigenvalue weighted by molar-refractivity contribution is -0.144. The first-order valence-electron chi connectivity index (χ1n) is 19.1. The first kappa shape index (κ1) is 42.7. The van der Waals surface area contributed by atoms with Crippen molar-refractivity contribution >= 4 is 12.1 Å². The summed E-state index contributed by atoms with van der Waals surface area (Å²) in [6.07, 6.45) is 29.5. The van der Waals surface area contributed by atoms with E-state index in [-0.39, 0.29) is 12.1 Å². The van der Waals surface area contributed by atoms with Crippen molar-refractivity contribution in [1.82, 2.24) is 4.90 Å². The van der Waals surface area contributed by atoms with Crippen LogP contribution in [-0.4, -0.2) is 57.0 Å². The predicted octanol–water partition coefficient (Wildman–Crippen LogP) is 11.4. The van der Waals surface area contributed by atoms with Crippen LogP contribution < -0.4 is 0 Å². The molecular weight excluding hydrogens is 550 g/mol. The Hall–Kier alpha value is -1.30. The van der Waals surface area contributed by atoms with Crippen LogP contribution in [0.15, 0.2) is 0 Å². The normalized spacial score (nSPS) is 12.8. The molecule has 0 amide bonds. The molecule has 262 valence electrons. The second-order valence-corrected chi connectivity index (χ2v) is 13.4. The number of esters is 1. The van der Waals surface area contributed by atoms with Crippen molar-refractivity contribution in [3.05, 3.63) is 0 Å². The number of hydrogen-bond acceptors (Lipinski definition) is 6. The molecule has 0 aromatic rings. The van der Waals surface area contributed by atoms with Gasteiger partial charge in [-0.2, -0.15) is 0 Å². The van der Waals surface area contributed by atoms with Gasteiger partial charge in [-0.3, -0.25) is 4.79 Å². The van der Waals surface area contributed by atoms with E-state index in [2.05, 4.69) is 25.7 Å². The number of carbonyl (C=O) groups is 2. The highest BCUT2D eigenvalue weighted by molar-refractivity contribution is 5.69. The van der Waals surface area contributed by atoms with Gasteiger partial charge < -0.3 is 19.1 Å². The number of ether oxygens (including phenoxy) is 3. The van der Waals surface area contributed by atoms with Crippen LogP contribution in [0.5, 0.6) is 0 Å². The van der Waals surface area contributed by atoms with Crippen molar-refractivity contribution in [2.24, 2.45) is 5.92 Å². The van der Waals surface area contributed by atoms with Crippen LogP contribution in [0.2, 0.25) is 0 Å². The highest BCUT2D eigenvalue weighted by Gasteiger charge is 2.17. The van der Waals surface area contributed by atoms with Crippen molar-refractivity contribution in [2.45, 2.75) is 194 Å². The molecular formula is C38H75NO5. The van der Waals surface area contributed by atoms with Crippen molar-refractivity contribution in [1.29, 1.82) is 0 Å². The monoisotopic (exact) mass is 626 g/mol. The molecule has 0 bridgehead atoms. The van der Waals surface area contributed by atoms with Gasteiger partial charge in [0.1, 0.15) is 6.10 Å². The Morgan fingerprint density at radius 2 is 1.00 bits per heavy atom. The minimum absolute atomic E-state index is 0.121. The SMILES string of the molecule is CCCCCCCCCCCCC(CCOC(=O)CCCC(CCCCC)CCCCCCC)OC(=O)OCCCN(C)C. The molecule has 0 aromatic carbocycles. The summed E-state index contributed by atoms with van der Waals surface area (Å²) >= 11 is 0. The fourth-order valence-electron chi connectivity index (χ4n) is 5.89. The summed E-state index contributed by atoms with van der Waals surface area (Å²) in [6, 6.07) is 0. The van der Waals surface area contributed by atoms with Gasteiger partial charge in [-0.25, -0.2) is 4.79 Å². The lowest BCUT2D eigenvalue weighted by atomic mass is 9.90. The van der Waals surface area contributed by atoms with Gasteiger partial charge in [-0.05, 0) is 52.1 Å². The number of hydrogen-bond donors (Lipinski definition) is 0. The Bertz CT molecular complexity index is 626. The zero-order valence-corrected chi connectivity index (χ0v) is 30.1. The van der Waals surface area contributed by atoms with E-state index in [0.29, 0.717) is 26.1 Å². The third-order valence-electron chi connectivity index (χ3n) is 8.74. The van der Waals surface area contributed by atoms with E-state index in [1.165, 1.54) is 116 Å². The molecule has 0 saturated carbocycles. The van der Waals surface area contributed by atoms with Crippen LogP contribution in [0.25, 0.3) is 0 Å². The summed E-state index contributed by atoms with van der Waals surface area (Å²) in [6.45, 7) is 8.30. The van der Waals surface area contributed by atoms with Crippen molar-refractivity contribution in [3.63, 3.8) is 0 Å². The molecule has 2 atom stereocenters. The molecule has 6 nitrogen and oxygen atoms in total. The van der Waals surface area contributed by atoms with Crippen LogP contribution in [0.3, 0.4) is 0 Å². The van der Waals surface area contributed by atoms with Gasteiger partial charge in [-0.1, -0.05) is 143 Å². The fraction of sp³-hybridized carbons (Fsp3) is 0.947. The molecule has 44 heavy (non-hydrogen) atoms. The number of nitrogens with zero attached hydrogens (tertiary/aromatic N) is 1. The van der Waals surface area contributed by atoms with E-state index < -0.39 is 6.16 Å². The molecule has 0 heterocycles. The minimum Gasteiger partial charge on any atom is -0.466 e. The average Bonchev–Trinajstić information content (AvgIpc) is 2.99. The molecule has 0 aliphatic carbocycles. The molecule has 6 heteroatoms. The maximum Gasteiger partial charge on any atom is 0.508 e. The van der Waals surface area contributed by atoms with Crippen LogP contribution in [0, 0.1) is 5.92 Å². The summed E-state index contributed by atoms with van der Waals surface area (Å²) in [5.41, 5.74) is 0. The van der Waals surface area contributed by atoms with E-state index in [0.717, 1.165) is 51.0 Å². The molecule has 0 spiro atoms. The largest absolute Gasteiger partial charge is 0.508 e. The van der Waals surface area contributed by atoms with Gasteiger partial charge in [0.2, 0.25) is 0 Å². The van der Waals surface area contributed by atoms with Crippen LogP contribution in [0.1, 0.15) is 188 Å². The van der Waals surface area contributed by atoms with E-state index in [9.17, 15) is 9.59 Å². The molecule has 0 fully saturated rings. The maximum atomic E-state index is 12.5. The van der Waals surface area contributed by atoms with Gasteiger partial charge in [0, 0.05) is 19.4 Å². The summed E-state index contributed by atoms with van der Waals surface area (Å²) in [4.78, 5) is 26.9. The molecule has 0 N–H and O–H groups in total. The average molecular weight is 626 g/mol. The molecule has 0 radical (unpaired) electrons. The molecule has 0 aromatic heterocycles. The van der Waals surface area contributed by atoms with Crippen LogP contribution in [0.4, 0.5) is 4.79 Å². The predicted molar refractivity (Wildman–Crippen MR) is 186 cm³/mol. The van der Waals surface area contributed by atoms with E-state index in [1.807, 2.05) is 14.1 Å². The van der Waals surface area contributed by atoms with Crippen molar-refractivity contribution in [2.75, 3.05) is 33.9 Å². The Balaban J connectivity index is 4.45. The smallest absolute Gasteiger partial charge is 0.466 e. The molecule has 0 aliphatic heterocycles. The highest BCUT2D eigenvalue weighted by Crippen LogP contribution is 2.24. The van der Waals surface area contributed by atoms with Gasteiger partial charge >= 0.3 is 12.1 Å². The van der Waals surface area contributed by atoms with E-state index >= 15 is 0 Å². The van der Waals surface area contributed by atoms with Gasteiger partial charge in [0.15, 0.2) is 0 Å². The van der Waals surface area contributed by atoms with Crippen molar-refractivity contribution < 1.29 is 23.8 Å². The Morgan fingerprint density at radius 1 is 0.523 bits per heavy atom. The van der Waals surface area contributed by atoms with E-state index in [1.54, 1.807) is 0 Å². The summed E-state index contributed by atoms with van der Waals surface area (Å²) < 4.78 is 16.6. The molecule has 0 rings (SSSR count). The highest BCUT2D eigenvalue weighted by atomic mass is 16.7. The Labute approximate surface area is 274 Å². The number of carbonyl (C=O) groups excluding carboxylic acids is 2. The first-order valence-corrected chi connectivity index (χ1v) is 19.1. The van der Waals surface area contributed by atoms with Gasteiger partial charge in [0.05, 0.1) is 13.2 Å². The fourth-order valence-corrected chi connectivity index (χ4v) is 5.89. The summed E-state index contributed by atoms with van der Waals surface area (Å²) in [7, 11) is 4.01. The van der Waals surface area contributed by atoms with Gasteiger partial charge in [-0.15, -0.1) is 0 Å². The maximum absolute atomic E-state index is 12.5. The van der Waals surface area contributed by atoms with Crippen molar-refractivity contribution in [3.8, 4) is 0 Å². The third-order valence-corrected chi connectivity index (χ3v) is 8.74. The molecule has 0 aliphatic rings. The second-order valence-electron chi connectivity index (χ2n) is 13.4. The Kier molecular flexibility index (Phi) is 32.1. The summed E-state index contributed by atoms with van der Waals surface area (Å²) in [5, 5.41) is 0. The second kappa shape index (κ2) is 33.1. The van der Waals surface area contributed by atoms with Crippen LogP contribution >= 0.6 is 0 Å². The number of unbranched alkanes of at least 4 members (excludes halogenated alkanes) is 15. The number of rotatable bonds is 33. The summed E-state index contributed by atoms with van der Waals surface area (Å²) in [5.74, 6) is 0.614. The first-order chi connectivity index (χ1) is 21.4. The third kappa shape index (κ3) is 30.7. The quantitative estimate of drug-likeness (QED) is 0.0534. The molecule has 2 unspecified atom stereocenters. The van der Waals surface area contributed by atoms with Crippen LogP contribution in [-0.2, 0) is 19.0 Å². The zero-order valence-electron chi connectivity index (χ0n) is 30.1. The Morgan fingerprint density at radius 3 is 1.57 bits per heavy atom. The lowest BCUT2D eigenvalue weighted by Gasteiger charge is -2.18. The zero-order chi connectivity index (χ0) is 32.5. The van der Waals surface area contributed by atoms with E-state index in [4.69, 9.17) is 14.2 Å². The lowest BCUT2D eigenvalue weighted by Crippen LogP contribution is -2.23. The topological polar surface area (TPSA) is 65.1 Å². The minimum atomic E-state index is -0.601. The molecule has 0 saturated heterocycles. The van der Waals surface area contributed by atoms with Gasteiger partial charge in [0.25, 0.3) is 0 Å². The standard InChI is InChI=1S/C38H75NO5/c1-6-9-12-14-15-16-17-18-20-23-29-36(44-38(41)43-33-25-32-39(4)5)31-34-42-37(40)30-24-28-35(26-21-11-8-3)27-22-19-13-10-7-2/h35-36H,6-34H2,1-5H3.